The summed E-state index contributed by atoms with van der Waals surface area (Å²) in [5.41, 5.74) is 5.54. The fourth-order valence-corrected chi connectivity index (χ4v) is 1.86. The molecule has 0 aliphatic heterocycles. The number of nitrogens with zero attached hydrogens (tertiary/aromatic N) is 1. The van der Waals surface area contributed by atoms with E-state index in [1.165, 1.54) is 0 Å². The molecule has 0 bridgehead atoms. The Labute approximate surface area is 80.3 Å². The summed E-state index contributed by atoms with van der Waals surface area (Å²) in [4.78, 5) is 13.7. The summed E-state index contributed by atoms with van der Waals surface area (Å²) >= 11 is 0. The number of hydrogen-bond acceptors (Lipinski definition) is 3. The zero-order chi connectivity index (χ0) is 9.90. The lowest BCUT2D eigenvalue weighted by Crippen LogP contribution is -2.46. The van der Waals surface area contributed by atoms with E-state index in [2.05, 4.69) is 0 Å². The van der Waals surface area contributed by atoms with Crippen molar-refractivity contribution in [2.75, 3.05) is 20.6 Å². The summed E-state index contributed by atoms with van der Waals surface area (Å²) in [6.45, 7) is 0.817. The number of hydrogen-bond donors (Lipinski definition) is 1. The summed E-state index contributed by atoms with van der Waals surface area (Å²) in [6, 6.07) is 0. The molecule has 0 radical (unpaired) electrons. The Morgan fingerprint density at radius 1 is 1.38 bits per heavy atom. The van der Waals surface area contributed by atoms with Gasteiger partial charge in [0.2, 0.25) is 0 Å². The van der Waals surface area contributed by atoms with E-state index < -0.39 is 5.54 Å². The van der Waals surface area contributed by atoms with Crippen molar-refractivity contribution in [3.8, 4) is 0 Å². The second-order valence-corrected chi connectivity index (χ2v) is 4.34. The van der Waals surface area contributed by atoms with Crippen molar-refractivity contribution in [3.05, 3.63) is 0 Å². The molecule has 1 aliphatic rings. The molecule has 0 aromatic carbocycles. The van der Waals surface area contributed by atoms with Gasteiger partial charge in [0, 0.05) is 13.0 Å². The molecule has 1 fully saturated rings. The van der Waals surface area contributed by atoms with Crippen LogP contribution in [0.1, 0.15) is 32.1 Å². The van der Waals surface area contributed by atoms with Gasteiger partial charge >= 0.3 is 0 Å². The average Bonchev–Trinajstić information content (AvgIpc) is 2.49. The highest BCUT2D eigenvalue weighted by Crippen LogP contribution is 2.28. The van der Waals surface area contributed by atoms with Gasteiger partial charge in [-0.25, -0.2) is 0 Å². The van der Waals surface area contributed by atoms with Crippen LogP contribution in [0.25, 0.3) is 0 Å². The summed E-state index contributed by atoms with van der Waals surface area (Å²) in [6.07, 6.45) is 4.61. The molecule has 1 rings (SSSR count). The third-order valence-corrected chi connectivity index (χ3v) is 2.84. The van der Waals surface area contributed by atoms with Crippen molar-refractivity contribution < 1.29 is 4.79 Å². The summed E-state index contributed by atoms with van der Waals surface area (Å²) in [5.74, 6) is 0.249. The van der Waals surface area contributed by atoms with Gasteiger partial charge in [-0.05, 0) is 26.9 Å². The lowest BCUT2D eigenvalue weighted by molar-refractivity contribution is -0.124. The second-order valence-electron chi connectivity index (χ2n) is 4.34. The van der Waals surface area contributed by atoms with Crippen LogP contribution in [0.5, 0.6) is 0 Å². The Bertz CT molecular complexity index is 183. The van der Waals surface area contributed by atoms with E-state index in [4.69, 9.17) is 5.73 Å². The predicted octanol–water partition coefficient (Wildman–Crippen LogP) is 0.779. The van der Waals surface area contributed by atoms with E-state index in [-0.39, 0.29) is 5.78 Å². The average molecular weight is 184 g/mol. The topological polar surface area (TPSA) is 46.3 Å². The van der Waals surface area contributed by atoms with Crippen molar-refractivity contribution in [2.24, 2.45) is 5.73 Å². The minimum atomic E-state index is -0.476. The monoisotopic (exact) mass is 184 g/mol. The fraction of sp³-hybridized carbons (Fsp3) is 0.900. The molecule has 76 valence electrons. The van der Waals surface area contributed by atoms with E-state index in [9.17, 15) is 4.79 Å². The third kappa shape index (κ3) is 2.78. The maximum Gasteiger partial charge on any atom is 0.153 e. The van der Waals surface area contributed by atoms with Crippen LogP contribution in [0.3, 0.4) is 0 Å². The van der Waals surface area contributed by atoms with E-state index in [1.54, 1.807) is 0 Å². The molecule has 0 unspecified atom stereocenters. The number of rotatable bonds is 4. The molecule has 3 heteroatoms. The Morgan fingerprint density at radius 2 is 1.92 bits per heavy atom. The van der Waals surface area contributed by atoms with E-state index in [0.717, 1.165) is 32.2 Å². The van der Waals surface area contributed by atoms with Gasteiger partial charge in [0.05, 0.1) is 5.54 Å². The molecular weight excluding hydrogens is 164 g/mol. The van der Waals surface area contributed by atoms with E-state index in [1.807, 2.05) is 19.0 Å². The van der Waals surface area contributed by atoms with Gasteiger partial charge in [-0.2, -0.15) is 0 Å². The SMILES string of the molecule is CN(C)CCC(=O)C1(N)CCCC1. The Morgan fingerprint density at radius 3 is 2.38 bits per heavy atom. The Balaban J connectivity index is 2.38. The third-order valence-electron chi connectivity index (χ3n) is 2.84. The molecule has 3 nitrogen and oxygen atoms in total. The van der Waals surface area contributed by atoms with Gasteiger partial charge in [0.1, 0.15) is 0 Å². The van der Waals surface area contributed by atoms with Gasteiger partial charge < -0.3 is 10.6 Å². The number of carbonyl (C=O) groups excluding carboxylic acids is 1. The van der Waals surface area contributed by atoms with Gasteiger partial charge in [-0.1, -0.05) is 12.8 Å². The second kappa shape index (κ2) is 4.20. The predicted molar refractivity (Wildman–Crippen MR) is 53.6 cm³/mol. The first kappa shape index (κ1) is 10.7. The number of ketones is 1. The zero-order valence-corrected chi connectivity index (χ0v) is 8.68. The molecule has 1 saturated carbocycles. The van der Waals surface area contributed by atoms with E-state index in [0.29, 0.717) is 6.42 Å². The van der Waals surface area contributed by atoms with Crippen LogP contribution in [0, 0.1) is 0 Å². The summed E-state index contributed by atoms with van der Waals surface area (Å²) in [5, 5.41) is 0. The van der Waals surface area contributed by atoms with Crippen LogP contribution in [-0.4, -0.2) is 36.9 Å². The first-order valence-electron chi connectivity index (χ1n) is 5.01. The molecular formula is C10H20N2O. The molecule has 2 N–H and O–H groups in total. The lowest BCUT2D eigenvalue weighted by Gasteiger charge is -2.22. The molecule has 1 aliphatic carbocycles. The van der Waals surface area contributed by atoms with Crippen molar-refractivity contribution >= 4 is 5.78 Å². The quantitative estimate of drug-likeness (QED) is 0.702. The molecule has 0 amide bonds. The van der Waals surface area contributed by atoms with Crippen LogP contribution in [0.4, 0.5) is 0 Å². The Kier molecular flexibility index (Phi) is 3.45. The molecule has 0 atom stereocenters. The largest absolute Gasteiger partial charge is 0.319 e. The van der Waals surface area contributed by atoms with Crippen LogP contribution in [-0.2, 0) is 4.79 Å². The number of nitrogens with two attached hydrogens (primary N) is 1. The standard InChI is InChI=1S/C10H20N2O/c1-12(2)8-5-9(13)10(11)6-3-4-7-10/h3-8,11H2,1-2H3. The molecule has 0 saturated heterocycles. The highest BCUT2D eigenvalue weighted by atomic mass is 16.1. The van der Waals surface area contributed by atoms with E-state index >= 15 is 0 Å². The fourth-order valence-electron chi connectivity index (χ4n) is 1.86. The van der Waals surface area contributed by atoms with Crippen molar-refractivity contribution in [3.63, 3.8) is 0 Å². The lowest BCUT2D eigenvalue weighted by atomic mass is 9.91. The van der Waals surface area contributed by atoms with Crippen molar-refractivity contribution in [1.82, 2.24) is 4.90 Å². The molecule has 0 spiro atoms. The van der Waals surface area contributed by atoms with Crippen molar-refractivity contribution in [2.45, 2.75) is 37.6 Å². The molecule has 0 heterocycles. The minimum Gasteiger partial charge on any atom is -0.319 e. The van der Waals surface area contributed by atoms with Gasteiger partial charge in [0.25, 0.3) is 0 Å². The molecule has 13 heavy (non-hydrogen) atoms. The maximum absolute atomic E-state index is 11.7. The first-order valence-corrected chi connectivity index (χ1v) is 5.01. The van der Waals surface area contributed by atoms with Crippen molar-refractivity contribution in [1.29, 1.82) is 0 Å². The highest BCUT2D eigenvalue weighted by molar-refractivity contribution is 5.88. The highest BCUT2D eigenvalue weighted by Gasteiger charge is 2.35. The van der Waals surface area contributed by atoms with Gasteiger partial charge in [-0.3, -0.25) is 4.79 Å². The van der Waals surface area contributed by atoms with Crippen LogP contribution in [0.2, 0.25) is 0 Å². The molecule has 0 aromatic rings. The first-order chi connectivity index (χ1) is 6.04. The maximum atomic E-state index is 11.7. The zero-order valence-electron chi connectivity index (χ0n) is 8.68. The number of carbonyl (C=O) groups is 1. The van der Waals surface area contributed by atoms with Crippen LogP contribution < -0.4 is 5.73 Å². The van der Waals surface area contributed by atoms with Crippen LogP contribution in [0.15, 0.2) is 0 Å². The summed E-state index contributed by atoms with van der Waals surface area (Å²) < 4.78 is 0. The number of Topliss-reactive ketones (excluding diaryl/α,β-unsaturated/α-hetero) is 1. The van der Waals surface area contributed by atoms with Crippen LogP contribution >= 0.6 is 0 Å². The molecule has 0 aromatic heterocycles. The Hall–Kier alpha value is -0.410. The normalized spacial score (nSPS) is 20.9. The van der Waals surface area contributed by atoms with Gasteiger partial charge in [-0.15, -0.1) is 0 Å². The smallest absolute Gasteiger partial charge is 0.153 e. The minimum absolute atomic E-state index is 0.249. The summed E-state index contributed by atoms with van der Waals surface area (Å²) in [7, 11) is 3.95. The van der Waals surface area contributed by atoms with Gasteiger partial charge in [0.15, 0.2) is 5.78 Å².